The lowest BCUT2D eigenvalue weighted by molar-refractivity contribution is -0.145. The standard InChI is InChI=1S/C26H37N5O5/c1-9-27-21(35-8)13-17(3)20-11-10-16(2)15-31(20)24(33)23(32)29-19-12-18(4)22(28-14-19)30-25(34)36-26(5,6)7/h9,12-14,16,20H,3,10-11,15H2,1-2,4-8H3,(H,29,32)(H,28,30,34)/b21-13+,27-9?/t16-,20+/m1/s1. The van der Waals surface area contributed by atoms with Crippen molar-refractivity contribution in [2.45, 2.75) is 66.0 Å². The molecule has 0 unspecified atom stereocenters. The summed E-state index contributed by atoms with van der Waals surface area (Å²) in [5.74, 6) is -0.525. The zero-order valence-electron chi connectivity index (χ0n) is 22.2. The lowest BCUT2D eigenvalue weighted by Gasteiger charge is -2.38. The normalized spacial score (nSPS) is 18.5. The highest BCUT2D eigenvalue weighted by Crippen LogP contribution is 2.28. The van der Waals surface area contributed by atoms with Gasteiger partial charge in [-0.15, -0.1) is 0 Å². The molecule has 10 nitrogen and oxygen atoms in total. The molecule has 0 aliphatic carbocycles. The Morgan fingerprint density at radius 2 is 1.94 bits per heavy atom. The van der Waals surface area contributed by atoms with Crippen molar-refractivity contribution in [1.82, 2.24) is 9.88 Å². The summed E-state index contributed by atoms with van der Waals surface area (Å²) >= 11 is 0. The maximum Gasteiger partial charge on any atom is 0.413 e. The topological polar surface area (TPSA) is 122 Å². The number of nitrogens with one attached hydrogen (secondary N) is 2. The summed E-state index contributed by atoms with van der Waals surface area (Å²) in [6, 6.07) is 1.27. The predicted molar refractivity (Wildman–Crippen MR) is 140 cm³/mol. The quantitative estimate of drug-likeness (QED) is 0.258. The van der Waals surface area contributed by atoms with Gasteiger partial charge in [0, 0.05) is 18.8 Å². The average molecular weight is 500 g/mol. The van der Waals surface area contributed by atoms with E-state index in [1.807, 2.05) is 6.92 Å². The van der Waals surface area contributed by atoms with Crippen LogP contribution in [0.5, 0.6) is 0 Å². The van der Waals surface area contributed by atoms with E-state index in [0.717, 1.165) is 6.42 Å². The first-order valence-electron chi connectivity index (χ1n) is 11.9. The molecule has 10 heteroatoms. The van der Waals surface area contributed by atoms with Gasteiger partial charge in [0.2, 0.25) is 5.88 Å². The molecule has 1 aliphatic rings. The van der Waals surface area contributed by atoms with Gasteiger partial charge in [-0.1, -0.05) is 13.5 Å². The highest BCUT2D eigenvalue weighted by Gasteiger charge is 2.34. The number of pyridine rings is 1. The Balaban J connectivity index is 2.14. The Kier molecular flexibility index (Phi) is 9.77. The molecule has 1 aromatic rings. The van der Waals surface area contributed by atoms with Crippen LogP contribution in [0.4, 0.5) is 16.3 Å². The minimum Gasteiger partial charge on any atom is -0.481 e. The first-order valence-corrected chi connectivity index (χ1v) is 11.9. The van der Waals surface area contributed by atoms with Crippen LogP contribution in [-0.2, 0) is 19.1 Å². The van der Waals surface area contributed by atoms with Gasteiger partial charge in [-0.3, -0.25) is 14.9 Å². The number of nitrogens with zero attached hydrogens (tertiary/aromatic N) is 3. The summed E-state index contributed by atoms with van der Waals surface area (Å²) < 4.78 is 10.5. The molecule has 2 atom stereocenters. The van der Waals surface area contributed by atoms with E-state index in [1.165, 1.54) is 13.3 Å². The lowest BCUT2D eigenvalue weighted by Crippen LogP contribution is -2.50. The number of piperidine rings is 1. The average Bonchev–Trinajstić information content (AvgIpc) is 2.78. The highest BCUT2D eigenvalue weighted by molar-refractivity contribution is 6.39. The monoisotopic (exact) mass is 499 g/mol. The summed E-state index contributed by atoms with van der Waals surface area (Å²) in [7, 11) is 1.51. The molecule has 0 saturated carbocycles. The number of carbonyl (C=O) groups excluding carboxylic acids is 3. The molecule has 3 amide bonds. The fraction of sp³-hybridized carbons (Fsp3) is 0.500. The SMILES string of the molecule is C=C(/C=C(\N=CC)OC)[C@@H]1CC[C@@H](C)CN1C(=O)C(=O)Nc1cnc(NC(=O)OC(C)(C)C)c(C)c1. The zero-order valence-corrected chi connectivity index (χ0v) is 22.2. The molecule has 2 N–H and O–H groups in total. The molecule has 1 fully saturated rings. The van der Waals surface area contributed by atoms with Crippen LogP contribution in [0.1, 0.15) is 53.0 Å². The molecule has 0 aromatic carbocycles. The van der Waals surface area contributed by atoms with Gasteiger partial charge < -0.3 is 19.7 Å². The van der Waals surface area contributed by atoms with Crippen LogP contribution in [0.25, 0.3) is 0 Å². The van der Waals surface area contributed by atoms with Crippen molar-refractivity contribution in [2.75, 3.05) is 24.3 Å². The zero-order chi connectivity index (χ0) is 27.0. The molecule has 2 heterocycles. The van der Waals surface area contributed by atoms with Gasteiger partial charge in [-0.2, -0.15) is 0 Å². The number of amides is 3. The lowest BCUT2D eigenvalue weighted by atomic mass is 9.90. The van der Waals surface area contributed by atoms with Crippen LogP contribution in [0.15, 0.2) is 41.4 Å². The van der Waals surface area contributed by atoms with Gasteiger partial charge in [-0.25, -0.2) is 14.8 Å². The Labute approximate surface area is 212 Å². The van der Waals surface area contributed by atoms with Crippen LogP contribution < -0.4 is 10.6 Å². The Bertz CT molecular complexity index is 1060. The molecular weight excluding hydrogens is 462 g/mol. The Morgan fingerprint density at radius 1 is 1.25 bits per heavy atom. The van der Waals surface area contributed by atoms with Crippen LogP contribution in [0, 0.1) is 12.8 Å². The van der Waals surface area contributed by atoms with Crippen molar-refractivity contribution in [1.29, 1.82) is 0 Å². The Morgan fingerprint density at radius 3 is 2.53 bits per heavy atom. The largest absolute Gasteiger partial charge is 0.481 e. The van der Waals surface area contributed by atoms with E-state index in [-0.39, 0.29) is 12.0 Å². The molecule has 1 aromatic heterocycles. The van der Waals surface area contributed by atoms with Gasteiger partial charge in [0.25, 0.3) is 0 Å². The van der Waals surface area contributed by atoms with Crippen molar-refractivity contribution >= 4 is 35.6 Å². The minimum atomic E-state index is -0.779. The molecular formula is C26H37N5O5. The number of methoxy groups -OCH3 is 1. The second-order valence-electron chi connectivity index (χ2n) is 9.78. The van der Waals surface area contributed by atoms with Crippen molar-refractivity contribution in [3.05, 3.63) is 41.9 Å². The first kappa shape index (κ1) is 28.5. The number of likely N-dealkylation sites (tertiary alicyclic amines) is 1. The number of hydrogen-bond acceptors (Lipinski definition) is 7. The van der Waals surface area contributed by atoms with Gasteiger partial charge >= 0.3 is 17.9 Å². The summed E-state index contributed by atoms with van der Waals surface area (Å²) in [5, 5.41) is 5.19. The van der Waals surface area contributed by atoms with E-state index < -0.39 is 23.5 Å². The fourth-order valence-corrected chi connectivity index (χ4v) is 3.78. The number of aromatic nitrogens is 1. The highest BCUT2D eigenvalue weighted by atomic mass is 16.6. The summed E-state index contributed by atoms with van der Waals surface area (Å²) in [5.41, 5.74) is 0.920. The smallest absolute Gasteiger partial charge is 0.413 e. The second kappa shape index (κ2) is 12.3. The van der Waals surface area contributed by atoms with Crippen molar-refractivity contribution in [3.63, 3.8) is 0 Å². The summed E-state index contributed by atoms with van der Waals surface area (Å²) in [4.78, 5) is 47.9. The van der Waals surface area contributed by atoms with E-state index in [0.29, 0.717) is 41.5 Å². The van der Waals surface area contributed by atoms with E-state index >= 15 is 0 Å². The fourth-order valence-electron chi connectivity index (χ4n) is 3.78. The molecule has 36 heavy (non-hydrogen) atoms. The number of anilines is 2. The molecule has 1 aliphatic heterocycles. The molecule has 196 valence electrons. The van der Waals surface area contributed by atoms with Crippen LogP contribution in [0.3, 0.4) is 0 Å². The minimum absolute atomic E-state index is 0.243. The number of hydrogen-bond donors (Lipinski definition) is 2. The number of carbonyl (C=O) groups is 3. The van der Waals surface area contributed by atoms with Crippen molar-refractivity contribution < 1.29 is 23.9 Å². The third-order valence-corrected chi connectivity index (χ3v) is 5.43. The Hall–Kier alpha value is -3.69. The van der Waals surface area contributed by atoms with Crippen LogP contribution in [0.2, 0.25) is 0 Å². The van der Waals surface area contributed by atoms with Gasteiger partial charge in [-0.05, 0) is 70.6 Å². The third-order valence-electron chi connectivity index (χ3n) is 5.43. The maximum atomic E-state index is 13.2. The van der Waals surface area contributed by atoms with Gasteiger partial charge in [0.15, 0.2) is 0 Å². The predicted octanol–water partition coefficient (Wildman–Crippen LogP) is 4.44. The van der Waals surface area contributed by atoms with Crippen molar-refractivity contribution in [2.24, 2.45) is 10.9 Å². The van der Waals surface area contributed by atoms with E-state index in [2.05, 4.69) is 27.2 Å². The molecule has 2 rings (SSSR count). The van der Waals surface area contributed by atoms with E-state index in [9.17, 15) is 14.4 Å². The van der Waals surface area contributed by atoms with Gasteiger partial charge in [0.05, 0.1) is 25.0 Å². The maximum absolute atomic E-state index is 13.2. The summed E-state index contributed by atoms with van der Waals surface area (Å²) in [6.45, 7) is 15.4. The summed E-state index contributed by atoms with van der Waals surface area (Å²) in [6.07, 6.45) is 5.60. The van der Waals surface area contributed by atoms with E-state index in [1.54, 1.807) is 57.9 Å². The molecule has 1 saturated heterocycles. The van der Waals surface area contributed by atoms with Crippen LogP contribution >= 0.6 is 0 Å². The third kappa shape index (κ3) is 8.21. The molecule has 0 radical (unpaired) electrons. The number of aliphatic imine (C=N–C) groups is 1. The number of aryl methyl sites for hydroxylation is 1. The second-order valence-corrected chi connectivity index (χ2v) is 9.78. The van der Waals surface area contributed by atoms with E-state index in [4.69, 9.17) is 9.47 Å². The molecule has 0 spiro atoms. The molecule has 0 bridgehead atoms. The number of ether oxygens (including phenoxy) is 2. The first-order chi connectivity index (χ1) is 16.8. The van der Waals surface area contributed by atoms with Gasteiger partial charge in [0.1, 0.15) is 11.4 Å². The number of rotatable bonds is 6. The van der Waals surface area contributed by atoms with Crippen LogP contribution in [-0.4, -0.2) is 59.3 Å². The van der Waals surface area contributed by atoms with Crippen molar-refractivity contribution in [3.8, 4) is 0 Å².